The largest absolute Gasteiger partial charge is 0.401 e. The van der Waals surface area contributed by atoms with Gasteiger partial charge in [0, 0.05) is 6.04 Å². The molecule has 0 bridgehead atoms. The van der Waals surface area contributed by atoms with Gasteiger partial charge in [0.15, 0.2) is 0 Å². The van der Waals surface area contributed by atoms with Crippen molar-refractivity contribution in [2.75, 3.05) is 19.6 Å². The molecule has 1 saturated carbocycles. The molecule has 1 unspecified atom stereocenters. The molecule has 2 N–H and O–H groups in total. The maximum absolute atomic E-state index is 12.4. The Kier molecular flexibility index (Phi) is 6.43. The van der Waals surface area contributed by atoms with Crippen molar-refractivity contribution in [2.45, 2.75) is 57.7 Å². The Morgan fingerprint density at radius 3 is 2.39 bits per heavy atom. The third kappa shape index (κ3) is 6.59. The van der Waals surface area contributed by atoms with Crippen LogP contribution >= 0.6 is 0 Å². The van der Waals surface area contributed by atoms with Gasteiger partial charge >= 0.3 is 6.18 Å². The lowest BCUT2D eigenvalue weighted by Crippen LogP contribution is -2.36. The predicted molar refractivity (Wildman–Crippen MR) is 67.3 cm³/mol. The smallest absolute Gasteiger partial charge is 0.330 e. The first-order chi connectivity index (χ1) is 8.46. The lowest BCUT2D eigenvalue weighted by molar-refractivity contribution is -0.147. The number of alkyl halides is 3. The molecule has 18 heavy (non-hydrogen) atoms. The van der Waals surface area contributed by atoms with Gasteiger partial charge in [-0.05, 0) is 51.1 Å². The topological polar surface area (TPSA) is 29.3 Å². The molecular formula is C13H25F3N2. The first-order valence-electron chi connectivity index (χ1n) is 6.97. The Labute approximate surface area is 108 Å². The zero-order valence-electron chi connectivity index (χ0n) is 11.2. The van der Waals surface area contributed by atoms with Crippen molar-refractivity contribution in [3.63, 3.8) is 0 Å². The van der Waals surface area contributed by atoms with Gasteiger partial charge < -0.3 is 5.73 Å². The van der Waals surface area contributed by atoms with Crippen LogP contribution in [-0.4, -0.2) is 36.8 Å². The van der Waals surface area contributed by atoms with Crippen LogP contribution in [-0.2, 0) is 0 Å². The predicted octanol–water partition coefficient (Wildman–Crippen LogP) is 3.17. The molecule has 0 amide bonds. The molecule has 1 atom stereocenters. The minimum atomic E-state index is -4.07. The minimum absolute atomic E-state index is 0.182. The normalized spacial score (nSPS) is 18.3. The molecule has 1 aliphatic rings. The fraction of sp³-hybridized carbons (Fsp3) is 1.00. The summed E-state index contributed by atoms with van der Waals surface area (Å²) in [6.45, 7) is 2.62. The van der Waals surface area contributed by atoms with E-state index in [0.717, 1.165) is 38.5 Å². The van der Waals surface area contributed by atoms with Crippen LogP contribution in [0.5, 0.6) is 0 Å². The zero-order chi connectivity index (χ0) is 13.6. The second-order valence-electron chi connectivity index (χ2n) is 5.31. The van der Waals surface area contributed by atoms with Gasteiger partial charge in [-0.15, -0.1) is 0 Å². The number of halogens is 3. The van der Waals surface area contributed by atoms with Gasteiger partial charge in [-0.1, -0.05) is 13.3 Å². The van der Waals surface area contributed by atoms with E-state index in [2.05, 4.69) is 6.92 Å². The Balaban J connectivity index is 2.25. The van der Waals surface area contributed by atoms with Gasteiger partial charge in [-0.2, -0.15) is 13.2 Å². The van der Waals surface area contributed by atoms with Crippen molar-refractivity contribution in [3.05, 3.63) is 0 Å². The first-order valence-corrected chi connectivity index (χ1v) is 6.97. The number of nitrogens with zero attached hydrogens (tertiary/aromatic N) is 1. The summed E-state index contributed by atoms with van der Waals surface area (Å²) >= 11 is 0. The van der Waals surface area contributed by atoms with Crippen LogP contribution in [0, 0.1) is 5.92 Å². The van der Waals surface area contributed by atoms with E-state index in [1.807, 2.05) is 0 Å². The van der Waals surface area contributed by atoms with Gasteiger partial charge in [-0.3, -0.25) is 4.90 Å². The van der Waals surface area contributed by atoms with E-state index in [1.54, 1.807) is 4.90 Å². The number of nitrogens with two attached hydrogens (primary N) is 1. The van der Waals surface area contributed by atoms with Crippen molar-refractivity contribution >= 4 is 0 Å². The van der Waals surface area contributed by atoms with Gasteiger partial charge in [0.25, 0.3) is 0 Å². The summed E-state index contributed by atoms with van der Waals surface area (Å²) in [6, 6.07) is 0.182. The third-order valence-electron chi connectivity index (χ3n) is 3.66. The average Bonchev–Trinajstić information content (AvgIpc) is 3.08. The number of rotatable bonds is 9. The fourth-order valence-electron chi connectivity index (χ4n) is 2.43. The summed E-state index contributed by atoms with van der Waals surface area (Å²) in [7, 11) is 0. The average molecular weight is 266 g/mol. The molecule has 0 aromatic rings. The maximum atomic E-state index is 12.4. The molecule has 0 aliphatic heterocycles. The van der Waals surface area contributed by atoms with Gasteiger partial charge in [-0.25, -0.2) is 0 Å². The van der Waals surface area contributed by atoms with E-state index in [0.29, 0.717) is 19.0 Å². The molecule has 0 radical (unpaired) electrons. The highest BCUT2D eigenvalue weighted by molar-refractivity contribution is 4.85. The van der Waals surface area contributed by atoms with E-state index < -0.39 is 12.7 Å². The molecule has 1 rings (SSSR count). The van der Waals surface area contributed by atoms with Crippen LogP contribution in [0.2, 0.25) is 0 Å². The monoisotopic (exact) mass is 266 g/mol. The fourth-order valence-corrected chi connectivity index (χ4v) is 2.43. The van der Waals surface area contributed by atoms with Crippen molar-refractivity contribution in [1.29, 1.82) is 0 Å². The van der Waals surface area contributed by atoms with Crippen LogP contribution < -0.4 is 5.73 Å². The summed E-state index contributed by atoms with van der Waals surface area (Å²) < 4.78 is 37.2. The Morgan fingerprint density at radius 1 is 1.28 bits per heavy atom. The molecule has 0 aromatic heterocycles. The Bertz CT molecular complexity index is 227. The van der Waals surface area contributed by atoms with E-state index in [1.165, 1.54) is 0 Å². The molecule has 2 nitrogen and oxygen atoms in total. The van der Waals surface area contributed by atoms with E-state index in [9.17, 15) is 13.2 Å². The molecule has 5 heteroatoms. The van der Waals surface area contributed by atoms with Crippen LogP contribution in [0.15, 0.2) is 0 Å². The molecule has 0 spiro atoms. The molecule has 1 fully saturated rings. The second kappa shape index (κ2) is 7.34. The van der Waals surface area contributed by atoms with E-state index in [-0.39, 0.29) is 6.04 Å². The summed E-state index contributed by atoms with van der Waals surface area (Å²) in [5.41, 5.74) is 5.52. The van der Waals surface area contributed by atoms with Crippen molar-refractivity contribution < 1.29 is 13.2 Å². The van der Waals surface area contributed by atoms with E-state index >= 15 is 0 Å². The Morgan fingerprint density at radius 2 is 1.94 bits per heavy atom. The summed E-state index contributed by atoms with van der Waals surface area (Å²) in [6.07, 6.45) is 1.69. The second-order valence-corrected chi connectivity index (χ2v) is 5.31. The highest BCUT2D eigenvalue weighted by Crippen LogP contribution is 2.30. The highest BCUT2D eigenvalue weighted by atomic mass is 19.4. The number of hydrogen-bond donors (Lipinski definition) is 1. The molecule has 0 saturated heterocycles. The minimum Gasteiger partial charge on any atom is -0.330 e. The van der Waals surface area contributed by atoms with Crippen molar-refractivity contribution in [1.82, 2.24) is 4.90 Å². The van der Waals surface area contributed by atoms with Gasteiger partial charge in [0.05, 0.1) is 6.54 Å². The van der Waals surface area contributed by atoms with Crippen LogP contribution in [0.4, 0.5) is 13.2 Å². The Hall–Kier alpha value is -0.290. The summed E-state index contributed by atoms with van der Waals surface area (Å²) in [4.78, 5) is 1.61. The van der Waals surface area contributed by atoms with Crippen LogP contribution in [0.1, 0.15) is 45.4 Å². The van der Waals surface area contributed by atoms with Crippen molar-refractivity contribution in [2.24, 2.45) is 11.7 Å². The lowest BCUT2D eigenvalue weighted by atomic mass is 9.96. The molecule has 1 aliphatic carbocycles. The maximum Gasteiger partial charge on any atom is 0.401 e. The zero-order valence-corrected chi connectivity index (χ0v) is 11.2. The molecule has 108 valence electrons. The van der Waals surface area contributed by atoms with Crippen LogP contribution in [0.3, 0.4) is 0 Å². The molecule has 0 aromatic carbocycles. The first kappa shape index (κ1) is 15.8. The quantitative estimate of drug-likeness (QED) is 0.694. The highest BCUT2D eigenvalue weighted by Gasteiger charge is 2.37. The standard InChI is InChI=1S/C13H25F3N2/c1-2-11(7-8-17)4-3-9-18(12-5-6-12)10-13(14,15)16/h11-12H,2-10,17H2,1H3. The third-order valence-corrected chi connectivity index (χ3v) is 3.66. The van der Waals surface area contributed by atoms with Gasteiger partial charge in [0.1, 0.15) is 0 Å². The molecular weight excluding hydrogens is 241 g/mol. The summed E-state index contributed by atoms with van der Waals surface area (Å²) in [5.74, 6) is 0.571. The molecule has 0 heterocycles. The number of hydrogen-bond acceptors (Lipinski definition) is 2. The van der Waals surface area contributed by atoms with Crippen LogP contribution in [0.25, 0.3) is 0 Å². The van der Waals surface area contributed by atoms with Crippen molar-refractivity contribution in [3.8, 4) is 0 Å². The van der Waals surface area contributed by atoms with E-state index in [4.69, 9.17) is 5.73 Å². The lowest BCUT2D eigenvalue weighted by Gasteiger charge is -2.24. The van der Waals surface area contributed by atoms with Gasteiger partial charge in [0.2, 0.25) is 0 Å². The SMILES string of the molecule is CCC(CCN)CCCN(CC(F)(F)F)C1CC1. The summed E-state index contributed by atoms with van der Waals surface area (Å²) in [5, 5.41) is 0.